The average Bonchev–Trinajstić information content (AvgIpc) is 2.90. The highest BCUT2D eigenvalue weighted by Gasteiger charge is 2.27. The third-order valence-electron chi connectivity index (χ3n) is 6.13. The Bertz CT molecular complexity index is 1030. The normalized spacial score (nSPS) is 22.2. The van der Waals surface area contributed by atoms with Crippen LogP contribution < -0.4 is 10.6 Å². The topological polar surface area (TPSA) is 105 Å². The summed E-state index contributed by atoms with van der Waals surface area (Å²) in [7, 11) is 0. The van der Waals surface area contributed by atoms with Crippen LogP contribution in [0.1, 0.15) is 42.9 Å². The molecule has 3 rings (SSSR count). The van der Waals surface area contributed by atoms with Gasteiger partial charge in [-0.2, -0.15) is 0 Å². The Balaban J connectivity index is 1.80. The van der Waals surface area contributed by atoms with Crippen molar-refractivity contribution >= 4 is 17.8 Å². The molecule has 0 unspecified atom stereocenters. The number of amides is 2. The molecule has 2 aromatic rings. The Morgan fingerprint density at radius 2 is 1.81 bits per heavy atom. The van der Waals surface area contributed by atoms with Crippen LogP contribution in [0, 0.1) is 17.7 Å². The lowest BCUT2D eigenvalue weighted by molar-refractivity contribution is -0.155. The van der Waals surface area contributed by atoms with E-state index in [1.807, 2.05) is 42.5 Å². The molecule has 2 amide bonds. The van der Waals surface area contributed by atoms with E-state index >= 15 is 0 Å². The molecule has 0 aromatic heterocycles. The lowest BCUT2D eigenvalue weighted by Gasteiger charge is -2.23. The maximum absolute atomic E-state index is 13.4. The number of carbonyl (C=O) groups excluding carboxylic acids is 3. The Morgan fingerprint density at radius 1 is 1.06 bits per heavy atom. The molecule has 0 saturated heterocycles. The van der Waals surface area contributed by atoms with E-state index in [9.17, 15) is 18.8 Å². The average molecular weight is 497 g/mol. The minimum absolute atomic E-state index is 0.0147. The van der Waals surface area contributed by atoms with Crippen LogP contribution in [0.4, 0.5) is 4.39 Å². The first-order chi connectivity index (χ1) is 17.5. The minimum atomic E-state index is -0.698. The summed E-state index contributed by atoms with van der Waals surface area (Å²) in [4.78, 5) is 38.4. The molecule has 0 aliphatic carbocycles. The maximum Gasteiger partial charge on any atom is 0.309 e. The highest BCUT2D eigenvalue weighted by Crippen LogP contribution is 2.24. The van der Waals surface area contributed by atoms with E-state index in [-0.39, 0.29) is 49.7 Å². The molecule has 8 heteroatoms. The number of hydrogen-bond acceptors (Lipinski definition) is 5. The van der Waals surface area contributed by atoms with Gasteiger partial charge in [0.15, 0.2) is 0 Å². The second-order valence-electron chi connectivity index (χ2n) is 8.87. The van der Waals surface area contributed by atoms with Crippen LogP contribution in [0.15, 0.2) is 66.7 Å². The Hall–Kier alpha value is -3.52. The van der Waals surface area contributed by atoms with Gasteiger partial charge in [0.1, 0.15) is 11.9 Å². The summed E-state index contributed by atoms with van der Waals surface area (Å²) in [5.74, 6) is -2.37. The number of rotatable bonds is 7. The molecule has 2 aromatic carbocycles. The molecule has 192 valence electrons. The molecular weight excluding hydrogens is 463 g/mol. The number of cyclic esters (lactones) is 1. The van der Waals surface area contributed by atoms with Crippen molar-refractivity contribution in [2.24, 2.45) is 11.8 Å². The van der Waals surface area contributed by atoms with Gasteiger partial charge < -0.3 is 20.5 Å². The van der Waals surface area contributed by atoms with Gasteiger partial charge in [-0.25, -0.2) is 4.39 Å². The first kappa shape index (κ1) is 27.1. The SMILES string of the molecule is O=C(C[C@@H]1C/C=C/CC[C@H](Cc2ccc(F)cc2)C(=O)O[C@H](c2ccccc2)CNC1=O)NCCO. The number of ether oxygens (including phenoxy) is 1. The molecule has 1 aliphatic rings. The lowest BCUT2D eigenvalue weighted by atomic mass is 9.94. The number of hydrogen-bond donors (Lipinski definition) is 3. The van der Waals surface area contributed by atoms with Crippen molar-refractivity contribution in [3.05, 3.63) is 83.7 Å². The zero-order valence-corrected chi connectivity index (χ0v) is 20.2. The third kappa shape index (κ3) is 8.61. The number of nitrogens with one attached hydrogen (secondary N) is 2. The highest BCUT2D eigenvalue weighted by molar-refractivity contribution is 5.86. The Morgan fingerprint density at radius 3 is 2.53 bits per heavy atom. The fourth-order valence-corrected chi connectivity index (χ4v) is 4.13. The van der Waals surface area contributed by atoms with Gasteiger partial charge in [0.25, 0.3) is 0 Å². The molecule has 1 heterocycles. The fraction of sp³-hybridized carbons (Fsp3) is 0.393. The van der Waals surface area contributed by atoms with Crippen LogP contribution in [-0.2, 0) is 25.5 Å². The second kappa shape index (κ2) is 14.1. The molecule has 0 fully saturated rings. The van der Waals surface area contributed by atoms with Crippen LogP contribution in [0.25, 0.3) is 0 Å². The zero-order chi connectivity index (χ0) is 25.8. The summed E-state index contributed by atoms with van der Waals surface area (Å²) in [5.41, 5.74) is 1.59. The Kier molecular flexibility index (Phi) is 10.6. The molecular formula is C28H33FN2O5. The monoisotopic (exact) mass is 496 g/mol. The van der Waals surface area contributed by atoms with Crippen molar-refractivity contribution in [1.29, 1.82) is 0 Å². The number of benzene rings is 2. The van der Waals surface area contributed by atoms with Gasteiger partial charge in [0.2, 0.25) is 11.8 Å². The molecule has 36 heavy (non-hydrogen) atoms. The van der Waals surface area contributed by atoms with Crippen molar-refractivity contribution in [2.75, 3.05) is 19.7 Å². The maximum atomic E-state index is 13.4. The molecule has 0 radical (unpaired) electrons. The van der Waals surface area contributed by atoms with E-state index < -0.39 is 17.9 Å². The molecule has 0 bridgehead atoms. The predicted molar refractivity (Wildman–Crippen MR) is 133 cm³/mol. The van der Waals surface area contributed by atoms with Gasteiger partial charge in [-0.15, -0.1) is 0 Å². The predicted octanol–water partition coefficient (Wildman–Crippen LogP) is 3.24. The molecule has 0 saturated carbocycles. The van der Waals surface area contributed by atoms with Gasteiger partial charge in [0, 0.05) is 13.0 Å². The third-order valence-corrected chi connectivity index (χ3v) is 6.13. The molecule has 3 atom stereocenters. The van der Waals surface area contributed by atoms with Gasteiger partial charge in [-0.05, 0) is 48.9 Å². The number of carbonyl (C=O) groups is 3. The number of halogens is 1. The van der Waals surface area contributed by atoms with E-state index in [1.165, 1.54) is 12.1 Å². The van der Waals surface area contributed by atoms with E-state index in [2.05, 4.69) is 10.6 Å². The number of esters is 1. The van der Waals surface area contributed by atoms with Crippen molar-refractivity contribution in [2.45, 2.75) is 38.2 Å². The standard InChI is InChI=1S/C28H33FN2O5/c29-24-13-11-20(12-14-24)17-23-10-6-2-5-9-22(18-26(33)30-15-16-32)27(34)31-19-25(36-28(23)35)21-7-3-1-4-8-21/h1-5,7-8,11-14,22-23,25,32H,6,9-10,15-19H2,(H,30,33)(H,31,34)/b5-2+/t22-,23+,25-/m0/s1. The minimum Gasteiger partial charge on any atom is -0.455 e. The zero-order valence-electron chi connectivity index (χ0n) is 20.2. The first-order valence-electron chi connectivity index (χ1n) is 12.3. The Labute approximate surface area is 210 Å². The van der Waals surface area contributed by atoms with Crippen LogP contribution in [0.3, 0.4) is 0 Å². The van der Waals surface area contributed by atoms with Gasteiger partial charge in [0.05, 0.1) is 25.0 Å². The van der Waals surface area contributed by atoms with E-state index in [0.29, 0.717) is 25.7 Å². The summed E-state index contributed by atoms with van der Waals surface area (Å²) < 4.78 is 19.3. The van der Waals surface area contributed by atoms with Crippen molar-refractivity contribution < 1.29 is 28.6 Å². The summed E-state index contributed by atoms with van der Waals surface area (Å²) >= 11 is 0. The summed E-state index contributed by atoms with van der Waals surface area (Å²) in [6.45, 7) is 0.0204. The molecule has 3 N–H and O–H groups in total. The lowest BCUT2D eigenvalue weighted by Crippen LogP contribution is -2.38. The highest BCUT2D eigenvalue weighted by atomic mass is 19.1. The van der Waals surface area contributed by atoms with Gasteiger partial charge in [-0.3, -0.25) is 14.4 Å². The van der Waals surface area contributed by atoms with Crippen molar-refractivity contribution in [3.8, 4) is 0 Å². The number of aliphatic hydroxyl groups excluding tert-OH is 1. The quantitative estimate of drug-likeness (QED) is 0.403. The van der Waals surface area contributed by atoms with E-state index in [1.54, 1.807) is 12.1 Å². The second-order valence-corrected chi connectivity index (χ2v) is 8.87. The first-order valence-corrected chi connectivity index (χ1v) is 12.3. The number of allylic oxidation sites excluding steroid dienone is 2. The van der Waals surface area contributed by atoms with Crippen LogP contribution in [0.5, 0.6) is 0 Å². The molecule has 1 aliphatic heterocycles. The fourth-order valence-electron chi connectivity index (χ4n) is 4.13. The van der Waals surface area contributed by atoms with Gasteiger partial charge >= 0.3 is 5.97 Å². The largest absolute Gasteiger partial charge is 0.455 e. The van der Waals surface area contributed by atoms with Gasteiger partial charge in [-0.1, -0.05) is 54.6 Å². The summed E-state index contributed by atoms with van der Waals surface area (Å²) in [6, 6.07) is 15.3. The van der Waals surface area contributed by atoms with Crippen LogP contribution in [-0.4, -0.2) is 42.6 Å². The summed E-state index contributed by atoms with van der Waals surface area (Å²) in [6.07, 6.45) is 4.94. The van der Waals surface area contributed by atoms with Crippen molar-refractivity contribution in [3.63, 3.8) is 0 Å². The number of aliphatic hydroxyl groups is 1. The molecule has 0 spiro atoms. The van der Waals surface area contributed by atoms with E-state index in [0.717, 1.165) is 11.1 Å². The smallest absolute Gasteiger partial charge is 0.309 e. The molecule has 7 nitrogen and oxygen atoms in total. The van der Waals surface area contributed by atoms with Crippen LogP contribution in [0.2, 0.25) is 0 Å². The summed E-state index contributed by atoms with van der Waals surface area (Å²) in [5, 5.41) is 14.4. The van der Waals surface area contributed by atoms with Crippen molar-refractivity contribution in [1.82, 2.24) is 10.6 Å². The van der Waals surface area contributed by atoms with Crippen LogP contribution >= 0.6 is 0 Å². The van der Waals surface area contributed by atoms with E-state index in [4.69, 9.17) is 9.84 Å².